The first-order chi connectivity index (χ1) is 8.69. The van der Waals surface area contributed by atoms with Crippen LogP contribution in [0.1, 0.15) is 25.8 Å². The normalized spacial score (nSPS) is 12.1. The zero-order valence-electron chi connectivity index (χ0n) is 10.9. The first-order valence-electron chi connectivity index (χ1n) is 6.24. The van der Waals surface area contributed by atoms with Gasteiger partial charge in [0, 0.05) is 13.0 Å². The molecule has 0 saturated carbocycles. The van der Waals surface area contributed by atoms with E-state index in [1.54, 1.807) is 0 Å². The summed E-state index contributed by atoms with van der Waals surface area (Å²) in [5, 5.41) is 9.12. The molecule has 0 saturated heterocycles. The van der Waals surface area contributed by atoms with Gasteiger partial charge in [-0.1, -0.05) is 25.1 Å². The van der Waals surface area contributed by atoms with Gasteiger partial charge in [-0.2, -0.15) is 0 Å². The smallest absolute Gasteiger partial charge is 0.333 e. The van der Waals surface area contributed by atoms with E-state index in [2.05, 4.69) is 0 Å². The molecule has 1 N–H and O–H groups in total. The van der Waals surface area contributed by atoms with Crippen LogP contribution in [0.3, 0.4) is 0 Å². The van der Waals surface area contributed by atoms with Crippen molar-refractivity contribution in [3.63, 3.8) is 0 Å². The molecular weight excluding hydrogens is 232 g/mol. The molecular formula is C14H20O4. The van der Waals surface area contributed by atoms with Crippen LogP contribution in [0.2, 0.25) is 0 Å². The summed E-state index contributed by atoms with van der Waals surface area (Å²) in [6, 6.07) is 7.46. The number of hydrogen-bond donors (Lipinski definition) is 1. The summed E-state index contributed by atoms with van der Waals surface area (Å²) in [7, 11) is 0. The van der Waals surface area contributed by atoms with Gasteiger partial charge >= 0.3 is 5.97 Å². The summed E-state index contributed by atoms with van der Waals surface area (Å²) in [5.41, 5.74) is 0.864. The highest BCUT2D eigenvalue weighted by Gasteiger charge is 2.20. The Bertz CT molecular complexity index is 376. The number of carbonyl (C=O) groups is 1. The van der Waals surface area contributed by atoms with Gasteiger partial charge in [0.15, 0.2) is 6.10 Å². The molecule has 4 nitrogen and oxygen atoms in total. The minimum Gasteiger partial charge on any atom is -0.494 e. The van der Waals surface area contributed by atoms with Gasteiger partial charge in [0.1, 0.15) is 5.75 Å². The Morgan fingerprint density at radius 1 is 1.33 bits per heavy atom. The zero-order valence-corrected chi connectivity index (χ0v) is 10.9. The predicted octanol–water partition coefficient (Wildman–Crippen LogP) is 2.51. The topological polar surface area (TPSA) is 55.8 Å². The molecule has 0 fully saturated rings. The maximum Gasteiger partial charge on any atom is 0.333 e. The van der Waals surface area contributed by atoms with Crippen molar-refractivity contribution in [2.45, 2.75) is 32.8 Å². The van der Waals surface area contributed by atoms with Crippen molar-refractivity contribution in [1.29, 1.82) is 0 Å². The third-order valence-corrected chi connectivity index (χ3v) is 2.48. The Hall–Kier alpha value is -1.55. The molecule has 4 heteroatoms. The van der Waals surface area contributed by atoms with Crippen LogP contribution in [0.4, 0.5) is 0 Å². The van der Waals surface area contributed by atoms with Crippen LogP contribution in [0.5, 0.6) is 5.75 Å². The molecule has 1 aromatic rings. The lowest BCUT2D eigenvalue weighted by atomic mass is 10.1. The van der Waals surface area contributed by atoms with Crippen LogP contribution in [0.15, 0.2) is 24.3 Å². The molecule has 0 spiro atoms. The summed E-state index contributed by atoms with van der Waals surface area (Å²) in [4.78, 5) is 11.1. The Balaban J connectivity index is 2.76. The highest BCUT2D eigenvalue weighted by molar-refractivity contribution is 5.73. The number of hydrogen-bond acceptors (Lipinski definition) is 3. The number of ether oxygens (including phenoxy) is 2. The van der Waals surface area contributed by atoms with Crippen molar-refractivity contribution in [2.75, 3.05) is 13.2 Å². The number of rotatable bonds is 8. The van der Waals surface area contributed by atoms with E-state index in [0.717, 1.165) is 17.7 Å². The van der Waals surface area contributed by atoms with Gasteiger partial charge in [-0.15, -0.1) is 0 Å². The van der Waals surface area contributed by atoms with Crippen molar-refractivity contribution in [3.05, 3.63) is 29.8 Å². The molecule has 0 amide bonds. The molecule has 0 aliphatic rings. The minimum absolute atomic E-state index is 0.325. The van der Waals surface area contributed by atoms with E-state index in [9.17, 15) is 4.79 Å². The molecule has 18 heavy (non-hydrogen) atoms. The van der Waals surface area contributed by atoms with Crippen molar-refractivity contribution < 1.29 is 19.4 Å². The number of carboxylic acids is 1. The SMILES string of the molecule is CCCO[C@H](Cc1ccccc1OCC)C(=O)O. The molecule has 0 aliphatic heterocycles. The average Bonchev–Trinajstić information content (AvgIpc) is 2.36. The standard InChI is InChI=1S/C14H20O4/c1-3-9-18-13(14(15)16)10-11-7-5-6-8-12(11)17-4-2/h5-8,13H,3-4,9-10H2,1-2H3,(H,15,16)/t13-/m1/s1. The molecule has 1 atom stereocenters. The van der Waals surface area contributed by atoms with Gasteiger partial charge in [-0.3, -0.25) is 0 Å². The second-order valence-electron chi connectivity index (χ2n) is 3.94. The molecule has 1 rings (SSSR count). The second-order valence-corrected chi connectivity index (χ2v) is 3.94. The van der Waals surface area contributed by atoms with E-state index < -0.39 is 12.1 Å². The van der Waals surface area contributed by atoms with Crippen molar-refractivity contribution in [2.24, 2.45) is 0 Å². The fourth-order valence-electron chi connectivity index (χ4n) is 1.65. The lowest BCUT2D eigenvalue weighted by Crippen LogP contribution is -2.27. The molecule has 100 valence electrons. The molecule has 0 radical (unpaired) electrons. The number of carboxylic acid groups (broad SMARTS) is 1. The number of para-hydroxylation sites is 1. The third kappa shape index (κ3) is 4.37. The Labute approximate surface area is 108 Å². The van der Waals surface area contributed by atoms with Gasteiger partial charge in [0.25, 0.3) is 0 Å². The monoisotopic (exact) mass is 252 g/mol. The molecule has 0 unspecified atom stereocenters. The number of benzene rings is 1. The van der Waals surface area contributed by atoms with Gasteiger partial charge in [-0.05, 0) is 25.0 Å². The van der Waals surface area contributed by atoms with Crippen LogP contribution in [0, 0.1) is 0 Å². The second kappa shape index (κ2) is 7.71. The third-order valence-electron chi connectivity index (χ3n) is 2.48. The fourth-order valence-corrected chi connectivity index (χ4v) is 1.65. The van der Waals surface area contributed by atoms with Gasteiger partial charge in [0.2, 0.25) is 0 Å². The first kappa shape index (κ1) is 14.5. The zero-order chi connectivity index (χ0) is 13.4. The summed E-state index contributed by atoms with van der Waals surface area (Å²) in [6.45, 7) is 4.87. The maximum atomic E-state index is 11.1. The quantitative estimate of drug-likeness (QED) is 0.772. The van der Waals surface area contributed by atoms with E-state index in [0.29, 0.717) is 19.6 Å². The molecule has 1 aromatic carbocycles. The molecule has 0 aromatic heterocycles. The van der Waals surface area contributed by atoms with Crippen LogP contribution in [0.25, 0.3) is 0 Å². The number of aliphatic carboxylic acids is 1. The van der Waals surface area contributed by atoms with Crippen molar-refractivity contribution >= 4 is 5.97 Å². The molecule has 0 aliphatic carbocycles. The Morgan fingerprint density at radius 2 is 2.06 bits per heavy atom. The van der Waals surface area contributed by atoms with E-state index in [1.165, 1.54) is 0 Å². The lowest BCUT2D eigenvalue weighted by Gasteiger charge is -2.15. The summed E-state index contributed by atoms with van der Waals surface area (Å²) >= 11 is 0. The van der Waals surface area contributed by atoms with Gasteiger partial charge < -0.3 is 14.6 Å². The van der Waals surface area contributed by atoms with E-state index >= 15 is 0 Å². The van der Waals surface area contributed by atoms with Crippen LogP contribution >= 0.6 is 0 Å². The fraction of sp³-hybridized carbons (Fsp3) is 0.500. The van der Waals surface area contributed by atoms with E-state index in [-0.39, 0.29) is 0 Å². The Kier molecular flexibility index (Phi) is 6.22. The summed E-state index contributed by atoms with van der Waals surface area (Å²) in [6.07, 6.45) is 0.314. The lowest BCUT2D eigenvalue weighted by molar-refractivity contribution is -0.150. The Morgan fingerprint density at radius 3 is 2.67 bits per heavy atom. The molecule has 0 bridgehead atoms. The molecule has 0 heterocycles. The first-order valence-corrected chi connectivity index (χ1v) is 6.24. The summed E-state index contributed by atoms with van der Waals surface area (Å²) in [5.74, 6) is -0.207. The van der Waals surface area contributed by atoms with Crippen LogP contribution in [-0.2, 0) is 16.0 Å². The van der Waals surface area contributed by atoms with Crippen LogP contribution in [-0.4, -0.2) is 30.4 Å². The predicted molar refractivity (Wildman–Crippen MR) is 69.0 cm³/mol. The minimum atomic E-state index is -0.935. The van der Waals surface area contributed by atoms with Crippen LogP contribution < -0.4 is 4.74 Å². The van der Waals surface area contributed by atoms with E-state index in [1.807, 2.05) is 38.1 Å². The highest BCUT2D eigenvalue weighted by Crippen LogP contribution is 2.20. The van der Waals surface area contributed by atoms with Crippen molar-refractivity contribution in [1.82, 2.24) is 0 Å². The van der Waals surface area contributed by atoms with E-state index in [4.69, 9.17) is 14.6 Å². The van der Waals surface area contributed by atoms with Gasteiger partial charge in [-0.25, -0.2) is 4.79 Å². The van der Waals surface area contributed by atoms with Crippen molar-refractivity contribution in [3.8, 4) is 5.75 Å². The average molecular weight is 252 g/mol. The van der Waals surface area contributed by atoms with Gasteiger partial charge in [0.05, 0.1) is 6.61 Å². The highest BCUT2D eigenvalue weighted by atomic mass is 16.5. The summed E-state index contributed by atoms with van der Waals surface area (Å²) < 4.78 is 10.8. The largest absolute Gasteiger partial charge is 0.494 e. The maximum absolute atomic E-state index is 11.1.